The number of rotatable bonds is 7. The van der Waals surface area contributed by atoms with Gasteiger partial charge in [-0.2, -0.15) is 0 Å². The fraction of sp³-hybridized carbons (Fsp3) is 0.333. The summed E-state index contributed by atoms with van der Waals surface area (Å²) in [5.41, 5.74) is 7.26. The zero-order chi connectivity index (χ0) is 31.4. The van der Waals surface area contributed by atoms with Crippen LogP contribution in [0.1, 0.15) is 91.5 Å². The Morgan fingerprint density at radius 3 is 1.37 bits per heavy atom. The molecule has 0 aliphatic heterocycles. The van der Waals surface area contributed by atoms with Crippen LogP contribution < -0.4 is 19.7 Å². The van der Waals surface area contributed by atoms with Crippen molar-refractivity contribution in [2.24, 2.45) is 0 Å². The van der Waals surface area contributed by atoms with E-state index in [1.165, 1.54) is 38.4 Å². The van der Waals surface area contributed by atoms with Crippen LogP contribution in [0.2, 0.25) is 0 Å². The van der Waals surface area contributed by atoms with Crippen LogP contribution in [0.15, 0.2) is 84.9 Å². The highest BCUT2D eigenvalue weighted by molar-refractivity contribution is 7.42. The second-order valence-corrected chi connectivity index (χ2v) is 16.1. The zero-order valence-corrected chi connectivity index (χ0v) is 29.4. The molecule has 4 rings (SSSR count). The maximum absolute atomic E-state index is 6.40. The predicted octanol–water partition coefficient (Wildman–Crippen LogP) is 10.2. The van der Waals surface area contributed by atoms with Gasteiger partial charge in [-0.15, -0.1) is 5.92 Å². The van der Waals surface area contributed by atoms with Crippen LogP contribution in [-0.4, -0.2) is 0 Å². The Bertz CT molecular complexity index is 1600. The van der Waals surface area contributed by atoms with Gasteiger partial charge in [-0.3, -0.25) is 0 Å². The van der Waals surface area contributed by atoms with E-state index in [-0.39, 0.29) is 33.9 Å². The minimum atomic E-state index is -0.0291. The third-order valence-corrected chi connectivity index (χ3v) is 9.15. The second-order valence-electron chi connectivity index (χ2n) is 14.1. The fourth-order valence-corrected chi connectivity index (χ4v) is 6.21. The molecule has 4 aromatic rings. The lowest BCUT2D eigenvalue weighted by molar-refractivity contribution is 0.534. The Morgan fingerprint density at radius 2 is 0.953 bits per heavy atom. The quantitative estimate of drug-likeness (QED) is 0.154. The van der Waals surface area contributed by atoms with Crippen LogP contribution >= 0.6 is 17.6 Å². The molecule has 4 aromatic carbocycles. The molecular weight excluding hydrogens is 562 g/mol. The normalized spacial score (nSPS) is 12.5. The number of benzene rings is 4. The summed E-state index contributed by atoms with van der Waals surface area (Å²) >= 11 is 0. The van der Waals surface area contributed by atoms with Crippen molar-refractivity contribution in [1.82, 2.24) is 0 Å². The summed E-state index contributed by atoms with van der Waals surface area (Å²) in [6.45, 7) is 22.0. The van der Waals surface area contributed by atoms with Crippen molar-refractivity contribution in [3.8, 4) is 34.5 Å². The molecule has 0 fully saturated rings. The summed E-state index contributed by atoms with van der Waals surface area (Å²) in [5, 5.41) is 2.35. The topological polar surface area (TPSA) is 18.5 Å². The Hall–Kier alpha value is -3.10. The molecule has 0 radical (unpaired) electrons. The highest BCUT2D eigenvalue weighted by atomic mass is 31.1. The summed E-state index contributed by atoms with van der Waals surface area (Å²) in [6, 6.07) is 30.3. The number of hydrogen-bond donors (Lipinski definition) is 0. The third kappa shape index (κ3) is 8.73. The van der Waals surface area contributed by atoms with Crippen LogP contribution in [0.5, 0.6) is 11.5 Å². The smallest absolute Gasteiger partial charge is 0.127 e. The maximum atomic E-state index is 6.40. The lowest BCUT2D eigenvalue weighted by atomic mass is 9.80. The zero-order valence-electron chi connectivity index (χ0n) is 27.4. The van der Waals surface area contributed by atoms with Gasteiger partial charge in [0.05, 0.1) is 0 Å². The Labute approximate surface area is 263 Å². The largest absolute Gasteiger partial charge is 0.472 e. The summed E-state index contributed by atoms with van der Waals surface area (Å²) in [5.74, 6) is 8.06. The van der Waals surface area contributed by atoms with Gasteiger partial charge in [0.25, 0.3) is 0 Å². The lowest BCUT2D eigenvalue weighted by Crippen LogP contribution is -2.17. The Balaban J connectivity index is 1.41. The molecule has 2 unspecified atom stereocenters. The molecule has 2 nitrogen and oxygen atoms in total. The van der Waals surface area contributed by atoms with Crippen molar-refractivity contribution in [3.05, 3.63) is 107 Å². The van der Waals surface area contributed by atoms with Gasteiger partial charge in [0.1, 0.15) is 29.1 Å². The molecule has 0 spiro atoms. The van der Waals surface area contributed by atoms with Crippen LogP contribution in [0.3, 0.4) is 0 Å². The third-order valence-electron chi connectivity index (χ3n) is 7.37. The van der Waals surface area contributed by atoms with Crippen molar-refractivity contribution < 1.29 is 9.05 Å². The molecule has 43 heavy (non-hydrogen) atoms. The summed E-state index contributed by atoms with van der Waals surface area (Å²) in [6.07, 6.45) is 0. The van der Waals surface area contributed by atoms with Crippen molar-refractivity contribution in [1.29, 1.82) is 0 Å². The molecule has 0 heterocycles. The van der Waals surface area contributed by atoms with Crippen LogP contribution in [0, 0.1) is 11.8 Å². The van der Waals surface area contributed by atoms with Crippen LogP contribution in [0.25, 0.3) is 11.1 Å². The van der Waals surface area contributed by atoms with Gasteiger partial charge >= 0.3 is 0 Å². The van der Waals surface area contributed by atoms with E-state index in [1.54, 1.807) is 0 Å². The van der Waals surface area contributed by atoms with E-state index in [4.69, 9.17) is 9.05 Å². The molecule has 0 aromatic heterocycles. The average Bonchev–Trinajstić information content (AvgIpc) is 2.94. The first kappa shape index (κ1) is 32.8. The van der Waals surface area contributed by atoms with Crippen LogP contribution in [0.4, 0.5) is 0 Å². The Kier molecular flexibility index (Phi) is 10.1. The molecule has 0 amide bonds. The second kappa shape index (κ2) is 13.3. The van der Waals surface area contributed by atoms with Gasteiger partial charge in [0.2, 0.25) is 0 Å². The first-order valence-corrected chi connectivity index (χ1v) is 16.8. The molecule has 4 heteroatoms. The highest BCUT2D eigenvalue weighted by Crippen LogP contribution is 2.38. The van der Waals surface area contributed by atoms with E-state index in [0.29, 0.717) is 0 Å². The molecule has 0 bridgehead atoms. The molecule has 0 aliphatic carbocycles. The van der Waals surface area contributed by atoms with Crippen LogP contribution in [-0.2, 0) is 16.2 Å². The Morgan fingerprint density at radius 1 is 0.512 bits per heavy atom. The van der Waals surface area contributed by atoms with Gasteiger partial charge < -0.3 is 9.05 Å². The van der Waals surface area contributed by atoms with Gasteiger partial charge in [0, 0.05) is 27.3 Å². The van der Waals surface area contributed by atoms with Gasteiger partial charge in [0.15, 0.2) is 0 Å². The van der Waals surface area contributed by atoms with E-state index in [9.17, 15) is 0 Å². The van der Waals surface area contributed by atoms with E-state index in [1.807, 2.05) is 13.0 Å². The average molecular weight is 609 g/mol. The maximum Gasteiger partial charge on any atom is 0.127 e. The molecule has 0 N–H and O–H groups in total. The minimum absolute atomic E-state index is 0.00599. The van der Waals surface area contributed by atoms with Gasteiger partial charge in [-0.05, 0) is 64.1 Å². The predicted molar refractivity (Wildman–Crippen MR) is 191 cm³/mol. The first-order chi connectivity index (χ1) is 20.1. The lowest BCUT2D eigenvalue weighted by Gasteiger charge is -2.27. The summed E-state index contributed by atoms with van der Waals surface area (Å²) in [7, 11) is 0.481. The molecule has 0 aliphatic rings. The van der Waals surface area contributed by atoms with E-state index in [0.717, 1.165) is 17.1 Å². The van der Waals surface area contributed by atoms with Crippen molar-refractivity contribution in [2.75, 3.05) is 0 Å². The van der Waals surface area contributed by atoms with Crippen molar-refractivity contribution in [2.45, 2.75) is 85.5 Å². The number of hydrogen-bond acceptors (Lipinski definition) is 2. The molecular formula is C39H46O2P2. The first-order valence-electron chi connectivity index (χ1n) is 14.9. The fourth-order valence-electron chi connectivity index (χ4n) is 4.79. The van der Waals surface area contributed by atoms with E-state index in [2.05, 4.69) is 153 Å². The van der Waals surface area contributed by atoms with Crippen molar-refractivity contribution in [3.63, 3.8) is 0 Å². The molecule has 2 atom stereocenters. The molecule has 0 saturated heterocycles. The molecule has 224 valence electrons. The highest BCUT2D eigenvalue weighted by Gasteiger charge is 2.23. The monoisotopic (exact) mass is 608 g/mol. The van der Waals surface area contributed by atoms with Gasteiger partial charge in [-0.1, -0.05) is 129 Å². The minimum Gasteiger partial charge on any atom is -0.472 e. The SMILES string of the molecule is CC#Cc1ccc(OPc2ccc(-c3ccc(POc4ccc(C(C)(C)C)cc4C(C)(C)C)cc3)cc2)c(C(C)(C)C)c1. The summed E-state index contributed by atoms with van der Waals surface area (Å²) < 4.78 is 12.7. The van der Waals surface area contributed by atoms with Crippen molar-refractivity contribution >= 4 is 28.2 Å². The van der Waals surface area contributed by atoms with E-state index < -0.39 is 0 Å². The van der Waals surface area contributed by atoms with E-state index >= 15 is 0 Å². The standard InChI is InChI=1S/C39H46O2P2/c1-11-12-27-13-23-35(33(25-27)38(5,6)7)40-42-31-19-14-28(15-20-31)29-16-21-32(22-17-29)43-41-36-24-18-30(37(2,3)4)26-34(36)39(8,9)10/h13-26,42-43H,1-10H3. The summed E-state index contributed by atoms with van der Waals surface area (Å²) in [4.78, 5) is 0. The molecule has 0 saturated carbocycles. The van der Waals surface area contributed by atoms with Gasteiger partial charge in [-0.25, -0.2) is 0 Å².